The number of hydrogen-bond acceptors (Lipinski definition) is 5. The Kier molecular flexibility index (Phi) is 7.97. The smallest absolute Gasteiger partial charge is 0.121 e. The number of ether oxygens (including phenoxy) is 1. The molecule has 2 atom stereocenters. The largest absolute Gasteiger partial charge is 0.491 e. The van der Waals surface area contributed by atoms with Crippen LogP contribution < -0.4 is 9.64 Å². The summed E-state index contributed by atoms with van der Waals surface area (Å²) in [5, 5.41) is 19.4. The molecular weight excluding hydrogens is 469 g/mol. The molecule has 0 spiro atoms. The van der Waals surface area contributed by atoms with Gasteiger partial charge in [0.05, 0.1) is 35.0 Å². The zero-order valence-electron chi connectivity index (χ0n) is 19.0. The first-order valence-electron chi connectivity index (χ1n) is 11.3. The summed E-state index contributed by atoms with van der Waals surface area (Å²) in [4.78, 5) is 4.80. The highest BCUT2D eigenvalue weighted by Crippen LogP contribution is 2.39. The predicted molar refractivity (Wildman–Crippen MR) is 137 cm³/mol. The van der Waals surface area contributed by atoms with Crippen molar-refractivity contribution in [1.29, 1.82) is 5.26 Å². The topological polar surface area (TPSA) is 59.7 Å². The lowest BCUT2D eigenvalue weighted by Crippen LogP contribution is -2.49. The first-order chi connectivity index (χ1) is 16.5. The normalized spacial score (nSPS) is 17.3. The van der Waals surface area contributed by atoms with E-state index < -0.39 is 0 Å². The Bertz CT molecular complexity index is 1150. The summed E-state index contributed by atoms with van der Waals surface area (Å²) in [5.41, 5.74) is 3.97. The second-order valence-electron chi connectivity index (χ2n) is 8.35. The van der Waals surface area contributed by atoms with Crippen LogP contribution in [0.3, 0.4) is 0 Å². The van der Waals surface area contributed by atoms with E-state index in [1.807, 2.05) is 48.5 Å². The van der Waals surface area contributed by atoms with Gasteiger partial charge in [-0.2, -0.15) is 5.26 Å². The van der Waals surface area contributed by atoms with Crippen molar-refractivity contribution in [3.8, 4) is 11.8 Å². The van der Waals surface area contributed by atoms with Crippen LogP contribution in [0.1, 0.15) is 35.7 Å². The molecule has 1 unspecified atom stereocenters. The third-order valence-electron chi connectivity index (χ3n) is 6.33. The molecular formula is C27H27Cl2N3O2. The molecule has 1 heterocycles. The highest BCUT2D eigenvalue weighted by Gasteiger charge is 2.32. The van der Waals surface area contributed by atoms with Gasteiger partial charge in [0.15, 0.2) is 0 Å². The molecule has 3 aromatic carbocycles. The molecule has 0 saturated carbocycles. The average molecular weight is 496 g/mol. The minimum Gasteiger partial charge on any atom is -0.491 e. The maximum Gasteiger partial charge on any atom is 0.121 e. The number of aliphatic hydroxyl groups is 1. The summed E-state index contributed by atoms with van der Waals surface area (Å²) in [6, 6.07) is 24.0. The van der Waals surface area contributed by atoms with Gasteiger partial charge in [-0.3, -0.25) is 4.90 Å². The predicted octanol–water partition coefficient (Wildman–Crippen LogP) is 5.86. The Morgan fingerprint density at radius 2 is 1.79 bits per heavy atom. The molecule has 1 aliphatic heterocycles. The lowest BCUT2D eigenvalue weighted by atomic mass is 9.98. The summed E-state index contributed by atoms with van der Waals surface area (Å²) in [5.74, 6) is 0.638. The Balaban J connectivity index is 1.61. The van der Waals surface area contributed by atoms with Crippen molar-refractivity contribution in [2.24, 2.45) is 0 Å². The van der Waals surface area contributed by atoms with E-state index in [2.05, 4.69) is 34.9 Å². The van der Waals surface area contributed by atoms with Crippen LogP contribution in [0.25, 0.3) is 0 Å². The Labute approximate surface area is 210 Å². The zero-order chi connectivity index (χ0) is 24.1. The summed E-state index contributed by atoms with van der Waals surface area (Å²) in [6.45, 7) is 4.86. The molecule has 176 valence electrons. The van der Waals surface area contributed by atoms with Gasteiger partial charge in [0.1, 0.15) is 12.4 Å². The van der Waals surface area contributed by atoms with E-state index in [1.165, 1.54) is 5.56 Å². The van der Waals surface area contributed by atoms with Crippen molar-refractivity contribution in [1.82, 2.24) is 4.90 Å². The lowest BCUT2D eigenvalue weighted by Gasteiger charge is -2.45. The summed E-state index contributed by atoms with van der Waals surface area (Å²) >= 11 is 12.9. The number of nitrogens with zero attached hydrogens (tertiary/aromatic N) is 3. The van der Waals surface area contributed by atoms with Crippen molar-refractivity contribution in [2.45, 2.75) is 19.0 Å². The van der Waals surface area contributed by atoms with E-state index >= 15 is 0 Å². The van der Waals surface area contributed by atoms with Gasteiger partial charge in [-0.15, -0.1) is 0 Å². The van der Waals surface area contributed by atoms with Crippen LogP contribution in [-0.2, 0) is 0 Å². The van der Waals surface area contributed by atoms with Crippen LogP contribution in [0, 0.1) is 11.3 Å². The molecule has 1 aliphatic rings. The average Bonchev–Trinajstić information content (AvgIpc) is 2.87. The number of anilines is 1. The molecule has 1 saturated heterocycles. The van der Waals surface area contributed by atoms with Crippen molar-refractivity contribution < 1.29 is 9.84 Å². The monoisotopic (exact) mass is 495 g/mol. The molecule has 0 aliphatic carbocycles. The van der Waals surface area contributed by atoms with Crippen LogP contribution in [0.15, 0.2) is 66.7 Å². The van der Waals surface area contributed by atoms with Gasteiger partial charge >= 0.3 is 0 Å². The van der Waals surface area contributed by atoms with E-state index in [9.17, 15) is 0 Å². The Hall–Kier alpha value is -2.75. The molecule has 7 heteroatoms. The number of benzene rings is 3. The van der Waals surface area contributed by atoms with E-state index in [0.717, 1.165) is 30.9 Å². The van der Waals surface area contributed by atoms with Gasteiger partial charge in [0, 0.05) is 36.8 Å². The Morgan fingerprint density at radius 3 is 2.44 bits per heavy atom. The fraction of sp³-hybridized carbons (Fsp3) is 0.296. The second-order valence-corrected chi connectivity index (χ2v) is 9.19. The van der Waals surface area contributed by atoms with Gasteiger partial charge in [-0.25, -0.2) is 0 Å². The third-order valence-corrected chi connectivity index (χ3v) is 6.88. The highest BCUT2D eigenvalue weighted by molar-refractivity contribution is 6.33. The van der Waals surface area contributed by atoms with Crippen molar-refractivity contribution >= 4 is 28.9 Å². The van der Waals surface area contributed by atoms with Gasteiger partial charge in [-0.05, 0) is 54.4 Å². The van der Waals surface area contributed by atoms with Gasteiger partial charge in [0.2, 0.25) is 0 Å². The van der Waals surface area contributed by atoms with Crippen LogP contribution in [0.2, 0.25) is 10.0 Å². The molecule has 1 N–H and O–H groups in total. The van der Waals surface area contributed by atoms with E-state index in [0.29, 0.717) is 21.4 Å². The Morgan fingerprint density at radius 1 is 1.06 bits per heavy atom. The fourth-order valence-electron chi connectivity index (χ4n) is 4.44. The van der Waals surface area contributed by atoms with Gasteiger partial charge in [0.25, 0.3) is 0 Å². The minimum absolute atomic E-state index is 0.0443. The van der Waals surface area contributed by atoms with Crippen molar-refractivity contribution in [2.75, 3.05) is 37.7 Å². The fourth-order valence-corrected chi connectivity index (χ4v) is 4.84. The molecule has 4 rings (SSSR count). The van der Waals surface area contributed by atoms with Crippen LogP contribution in [0.4, 0.5) is 5.69 Å². The van der Waals surface area contributed by atoms with Gasteiger partial charge in [-0.1, -0.05) is 47.5 Å². The number of halogens is 2. The lowest BCUT2D eigenvalue weighted by molar-refractivity contribution is 0.171. The number of rotatable bonds is 7. The summed E-state index contributed by atoms with van der Waals surface area (Å²) in [7, 11) is 0. The highest BCUT2D eigenvalue weighted by atomic mass is 35.5. The molecule has 0 aromatic heterocycles. The van der Waals surface area contributed by atoms with Crippen molar-refractivity contribution in [3.63, 3.8) is 0 Å². The molecule has 5 nitrogen and oxygen atoms in total. The second kappa shape index (κ2) is 11.1. The maximum atomic E-state index is 9.11. The quantitative estimate of drug-likeness (QED) is 0.444. The van der Waals surface area contributed by atoms with Crippen LogP contribution >= 0.6 is 23.2 Å². The summed E-state index contributed by atoms with van der Waals surface area (Å²) < 4.78 is 5.52. The number of aliphatic hydroxyl groups excluding tert-OH is 1. The molecule has 34 heavy (non-hydrogen) atoms. The maximum absolute atomic E-state index is 9.11. The number of hydrogen-bond donors (Lipinski definition) is 1. The SMILES string of the molecule is CC(c1ccc(C#N)cc1)N1CCN(c2ccc(OCCO)cc2Cl)[C@H](c2ccc(Cl)cc2)C1. The van der Waals surface area contributed by atoms with Gasteiger partial charge < -0.3 is 14.7 Å². The number of piperazine rings is 1. The van der Waals surface area contributed by atoms with E-state index in [-0.39, 0.29) is 25.3 Å². The van der Waals surface area contributed by atoms with E-state index in [1.54, 1.807) is 6.07 Å². The zero-order valence-corrected chi connectivity index (χ0v) is 20.5. The molecule has 0 radical (unpaired) electrons. The van der Waals surface area contributed by atoms with Crippen LogP contribution in [-0.4, -0.2) is 42.9 Å². The molecule has 3 aromatic rings. The summed E-state index contributed by atoms with van der Waals surface area (Å²) in [6.07, 6.45) is 0. The molecule has 1 fully saturated rings. The molecule has 0 bridgehead atoms. The van der Waals surface area contributed by atoms with E-state index in [4.69, 9.17) is 38.3 Å². The third kappa shape index (κ3) is 5.48. The standard InChI is InChI=1S/C27H27Cl2N3O2/c1-19(21-4-2-20(17-30)3-5-21)31-12-13-32(27(18-31)22-6-8-23(28)9-7-22)26-11-10-24(16-25(26)29)34-15-14-33/h2-11,16,19,27,33H,12-15,18H2,1H3/t19?,27-/m0/s1. The van der Waals surface area contributed by atoms with Crippen molar-refractivity contribution in [3.05, 3.63) is 93.5 Å². The number of nitriles is 1. The molecule has 0 amide bonds. The van der Waals surface area contributed by atoms with Crippen LogP contribution in [0.5, 0.6) is 5.75 Å². The first-order valence-corrected chi connectivity index (χ1v) is 12.0. The minimum atomic E-state index is -0.0443. The first kappa shape index (κ1) is 24.4.